The third kappa shape index (κ3) is 7.79. The first-order valence-electron chi connectivity index (χ1n) is 4.02. The van der Waals surface area contributed by atoms with Crippen molar-refractivity contribution in [2.45, 2.75) is 32.1 Å². The largest absolute Gasteiger partial charge is 0.295 e. The lowest BCUT2D eigenvalue weighted by atomic mass is 10.1. The maximum atomic E-state index is 10.7. The molecule has 0 aromatic heterocycles. The molecule has 0 aliphatic carbocycles. The van der Waals surface area contributed by atoms with E-state index in [1.807, 2.05) is 0 Å². The molecule has 0 rings (SSSR count). The number of carbonyl (C=O) groups excluding carboxylic acids is 1. The molecule has 11 heavy (non-hydrogen) atoms. The second-order valence-corrected chi connectivity index (χ2v) is 3.32. The molecule has 0 aliphatic rings. The highest BCUT2D eigenvalue weighted by molar-refractivity contribution is 9.09. The van der Waals surface area contributed by atoms with Crippen LogP contribution < -0.4 is 0 Å². The predicted molar refractivity (Wildman–Crippen MR) is 52.1 cm³/mol. The number of hydrogen-bond acceptors (Lipinski definition) is 1. The van der Waals surface area contributed by atoms with E-state index < -0.39 is 0 Å². The first kappa shape index (κ1) is 10.9. The summed E-state index contributed by atoms with van der Waals surface area (Å²) in [6.07, 6.45) is 6.68. The molecule has 1 nitrogen and oxygen atoms in total. The summed E-state index contributed by atoms with van der Waals surface area (Å²) in [6, 6.07) is 0. The van der Waals surface area contributed by atoms with Crippen LogP contribution in [0, 0.1) is 0 Å². The zero-order valence-corrected chi connectivity index (χ0v) is 8.40. The summed E-state index contributed by atoms with van der Waals surface area (Å²) in [5, 5.41) is 1.07. The molecular weight excluding hydrogens is 204 g/mol. The summed E-state index contributed by atoms with van der Waals surface area (Å²) in [7, 11) is 0. The van der Waals surface area contributed by atoms with E-state index >= 15 is 0 Å². The van der Waals surface area contributed by atoms with Crippen molar-refractivity contribution in [3.8, 4) is 0 Å². The monoisotopic (exact) mass is 218 g/mol. The van der Waals surface area contributed by atoms with Crippen molar-refractivity contribution in [1.82, 2.24) is 0 Å². The van der Waals surface area contributed by atoms with E-state index in [1.54, 1.807) is 0 Å². The molecule has 0 bridgehead atoms. The molecule has 0 N–H and O–H groups in total. The van der Waals surface area contributed by atoms with E-state index in [-0.39, 0.29) is 5.78 Å². The highest BCUT2D eigenvalue weighted by atomic mass is 79.9. The van der Waals surface area contributed by atoms with Crippen molar-refractivity contribution in [3.63, 3.8) is 0 Å². The normalized spacial score (nSPS) is 9.55. The van der Waals surface area contributed by atoms with Crippen LogP contribution in [0.15, 0.2) is 12.7 Å². The van der Waals surface area contributed by atoms with E-state index in [4.69, 9.17) is 0 Å². The Balaban J connectivity index is 3.01. The average molecular weight is 219 g/mol. The summed E-state index contributed by atoms with van der Waals surface area (Å²) >= 11 is 3.36. The minimum atomic E-state index is 0.170. The van der Waals surface area contributed by atoms with Gasteiger partial charge in [-0.05, 0) is 18.9 Å². The number of carbonyl (C=O) groups is 1. The van der Waals surface area contributed by atoms with Crippen molar-refractivity contribution in [2.75, 3.05) is 5.33 Å². The number of allylic oxidation sites excluding steroid dienone is 1. The van der Waals surface area contributed by atoms with E-state index in [1.165, 1.54) is 18.9 Å². The Labute approximate surface area is 77.0 Å². The third-order valence-corrected chi connectivity index (χ3v) is 2.10. The zero-order chi connectivity index (χ0) is 8.53. The summed E-state index contributed by atoms with van der Waals surface area (Å²) < 4.78 is 0. The summed E-state index contributed by atoms with van der Waals surface area (Å²) in [4.78, 5) is 10.7. The Kier molecular flexibility index (Phi) is 7.91. The number of halogens is 1. The van der Waals surface area contributed by atoms with E-state index in [0.29, 0.717) is 6.42 Å². The number of alkyl halides is 1. The topological polar surface area (TPSA) is 17.1 Å². The van der Waals surface area contributed by atoms with Gasteiger partial charge in [0, 0.05) is 11.8 Å². The van der Waals surface area contributed by atoms with E-state index in [9.17, 15) is 4.79 Å². The molecule has 0 heterocycles. The standard InChI is InChI=1S/C9H15BrO/c1-2-9(11)7-5-3-4-6-8-10/h2H,1,3-8H2. The number of rotatable bonds is 7. The van der Waals surface area contributed by atoms with Gasteiger partial charge in [-0.25, -0.2) is 0 Å². The van der Waals surface area contributed by atoms with Crippen LogP contribution in [-0.2, 0) is 4.79 Å². The molecule has 0 aromatic carbocycles. The smallest absolute Gasteiger partial charge is 0.155 e. The molecule has 0 aliphatic heterocycles. The van der Waals surface area contributed by atoms with Crippen LogP contribution in [0.1, 0.15) is 32.1 Å². The van der Waals surface area contributed by atoms with Crippen LogP contribution in [0.4, 0.5) is 0 Å². The Morgan fingerprint density at radius 2 is 1.91 bits per heavy atom. The van der Waals surface area contributed by atoms with Crippen molar-refractivity contribution < 1.29 is 4.79 Å². The quantitative estimate of drug-likeness (QED) is 0.365. The predicted octanol–water partition coefficient (Wildman–Crippen LogP) is 3.09. The molecular formula is C9H15BrO. The van der Waals surface area contributed by atoms with Crippen molar-refractivity contribution in [3.05, 3.63) is 12.7 Å². The van der Waals surface area contributed by atoms with Crippen LogP contribution in [0.3, 0.4) is 0 Å². The molecule has 2 heteroatoms. The summed E-state index contributed by atoms with van der Waals surface area (Å²) in [5.74, 6) is 0.170. The maximum absolute atomic E-state index is 10.7. The maximum Gasteiger partial charge on any atom is 0.155 e. The molecule has 0 spiro atoms. The van der Waals surface area contributed by atoms with Gasteiger partial charge in [-0.15, -0.1) is 0 Å². The fourth-order valence-electron chi connectivity index (χ4n) is 0.849. The first-order valence-corrected chi connectivity index (χ1v) is 5.14. The Morgan fingerprint density at radius 3 is 2.45 bits per heavy atom. The lowest BCUT2D eigenvalue weighted by Gasteiger charge is -1.95. The van der Waals surface area contributed by atoms with E-state index in [2.05, 4.69) is 22.5 Å². The van der Waals surface area contributed by atoms with Crippen LogP contribution >= 0.6 is 15.9 Å². The Morgan fingerprint density at radius 1 is 1.27 bits per heavy atom. The molecule has 0 fully saturated rings. The average Bonchev–Trinajstić information content (AvgIpc) is 2.04. The van der Waals surface area contributed by atoms with Crippen LogP contribution in [0.25, 0.3) is 0 Å². The van der Waals surface area contributed by atoms with Crippen molar-refractivity contribution >= 4 is 21.7 Å². The van der Waals surface area contributed by atoms with Gasteiger partial charge in [-0.3, -0.25) is 4.79 Å². The fourth-order valence-corrected chi connectivity index (χ4v) is 1.25. The van der Waals surface area contributed by atoms with E-state index in [0.717, 1.165) is 18.2 Å². The second kappa shape index (κ2) is 7.99. The summed E-state index contributed by atoms with van der Waals surface area (Å²) in [6.45, 7) is 3.42. The van der Waals surface area contributed by atoms with Crippen molar-refractivity contribution in [1.29, 1.82) is 0 Å². The van der Waals surface area contributed by atoms with Gasteiger partial charge < -0.3 is 0 Å². The van der Waals surface area contributed by atoms with Crippen LogP contribution in [-0.4, -0.2) is 11.1 Å². The molecule has 0 atom stereocenters. The van der Waals surface area contributed by atoms with Gasteiger partial charge in [0.05, 0.1) is 0 Å². The van der Waals surface area contributed by atoms with Crippen LogP contribution in [0.2, 0.25) is 0 Å². The van der Waals surface area contributed by atoms with Gasteiger partial charge in [0.2, 0.25) is 0 Å². The number of unbranched alkanes of at least 4 members (excludes halogenated alkanes) is 3. The second-order valence-electron chi connectivity index (χ2n) is 2.52. The lowest BCUT2D eigenvalue weighted by molar-refractivity contribution is -0.114. The molecule has 0 aromatic rings. The SMILES string of the molecule is C=CC(=O)CCCCCCBr. The minimum Gasteiger partial charge on any atom is -0.295 e. The minimum absolute atomic E-state index is 0.170. The molecule has 0 saturated heterocycles. The highest BCUT2D eigenvalue weighted by Crippen LogP contribution is 2.04. The van der Waals surface area contributed by atoms with Crippen LogP contribution in [0.5, 0.6) is 0 Å². The molecule has 0 amide bonds. The first-order chi connectivity index (χ1) is 5.31. The summed E-state index contributed by atoms with van der Waals surface area (Å²) in [5.41, 5.74) is 0. The molecule has 0 unspecified atom stereocenters. The Bertz CT molecular complexity index is 121. The zero-order valence-electron chi connectivity index (χ0n) is 6.81. The third-order valence-electron chi connectivity index (χ3n) is 1.53. The Hall–Kier alpha value is -0.110. The number of ketones is 1. The van der Waals surface area contributed by atoms with Gasteiger partial charge in [0.25, 0.3) is 0 Å². The lowest BCUT2D eigenvalue weighted by Crippen LogP contribution is -1.91. The van der Waals surface area contributed by atoms with Gasteiger partial charge in [0.1, 0.15) is 0 Å². The van der Waals surface area contributed by atoms with Gasteiger partial charge in [-0.2, -0.15) is 0 Å². The molecule has 64 valence electrons. The number of hydrogen-bond donors (Lipinski definition) is 0. The molecule has 0 radical (unpaired) electrons. The van der Waals surface area contributed by atoms with Crippen molar-refractivity contribution in [2.24, 2.45) is 0 Å². The molecule has 0 saturated carbocycles. The van der Waals surface area contributed by atoms with Gasteiger partial charge in [0.15, 0.2) is 5.78 Å². The van der Waals surface area contributed by atoms with Gasteiger partial charge in [-0.1, -0.05) is 35.4 Å². The fraction of sp³-hybridized carbons (Fsp3) is 0.667. The highest BCUT2D eigenvalue weighted by Gasteiger charge is 1.94. The van der Waals surface area contributed by atoms with Gasteiger partial charge >= 0.3 is 0 Å².